The van der Waals surface area contributed by atoms with E-state index in [4.69, 9.17) is 0 Å². The Kier molecular flexibility index (Phi) is 5.53. The van der Waals surface area contributed by atoms with Crippen LogP contribution in [0.1, 0.15) is 15.9 Å². The van der Waals surface area contributed by atoms with E-state index in [0.29, 0.717) is 12.1 Å². The molecule has 8 heteroatoms. The number of carbonyl (C=O) groups is 1. The standard InChI is InChI=1S/C21H24N6O2/c1-15-16-5-2-3-6-17(16)25-20(29)18(15)19(28)22-9-10-26-11-13-27(14-12-26)21-23-7-4-8-24-21/h2-8H,9-14H2,1H3,(H,22,28)(H,25,29). The van der Waals surface area contributed by atoms with Crippen LogP contribution in [0.4, 0.5) is 5.95 Å². The first-order chi connectivity index (χ1) is 14.1. The van der Waals surface area contributed by atoms with Gasteiger partial charge in [0.15, 0.2) is 0 Å². The third-order valence-corrected chi connectivity index (χ3v) is 5.33. The number of amides is 1. The van der Waals surface area contributed by atoms with Gasteiger partial charge in [-0.1, -0.05) is 18.2 Å². The minimum absolute atomic E-state index is 0.190. The molecule has 0 saturated carbocycles. The number of aromatic amines is 1. The van der Waals surface area contributed by atoms with Gasteiger partial charge in [0.05, 0.1) is 0 Å². The predicted molar refractivity (Wildman–Crippen MR) is 112 cm³/mol. The molecule has 1 aromatic carbocycles. The van der Waals surface area contributed by atoms with Crippen LogP contribution >= 0.6 is 0 Å². The average Bonchev–Trinajstić information content (AvgIpc) is 2.75. The summed E-state index contributed by atoms with van der Waals surface area (Å²) >= 11 is 0. The SMILES string of the molecule is Cc1c(C(=O)NCCN2CCN(c3ncccn3)CC2)c(=O)[nH]c2ccccc12. The molecule has 0 spiro atoms. The lowest BCUT2D eigenvalue weighted by Crippen LogP contribution is -2.49. The fourth-order valence-corrected chi connectivity index (χ4v) is 3.72. The number of hydrogen-bond donors (Lipinski definition) is 2. The van der Waals surface area contributed by atoms with Crippen molar-refractivity contribution in [2.45, 2.75) is 6.92 Å². The van der Waals surface area contributed by atoms with E-state index in [1.54, 1.807) is 12.4 Å². The van der Waals surface area contributed by atoms with Gasteiger partial charge in [0, 0.05) is 62.6 Å². The molecule has 0 atom stereocenters. The second kappa shape index (κ2) is 8.40. The lowest BCUT2D eigenvalue weighted by atomic mass is 10.0. The Hall–Kier alpha value is -3.26. The Balaban J connectivity index is 1.32. The van der Waals surface area contributed by atoms with Crippen molar-refractivity contribution >= 4 is 22.8 Å². The maximum Gasteiger partial charge on any atom is 0.261 e. The third kappa shape index (κ3) is 4.12. The smallest absolute Gasteiger partial charge is 0.261 e. The third-order valence-electron chi connectivity index (χ3n) is 5.33. The lowest BCUT2D eigenvalue weighted by molar-refractivity contribution is 0.0946. The molecular formula is C21H24N6O2. The van der Waals surface area contributed by atoms with Gasteiger partial charge in [-0.3, -0.25) is 14.5 Å². The first kappa shape index (κ1) is 19.1. The van der Waals surface area contributed by atoms with Crippen LogP contribution < -0.4 is 15.8 Å². The number of hydrogen-bond acceptors (Lipinski definition) is 6. The maximum absolute atomic E-state index is 12.6. The molecule has 1 saturated heterocycles. The summed E-state index contributed by atoms with van der Waals surface area (Å²) in [6.45, 7) is 6.50. The van der Waals surface area contributed by atoms with Crippen molar-refractivity contribution in [1.82, 2.24) is 25.2 Å². The number of H-pyrrole nitrogens is 1. The molecule has 0 bridgehead atoms. The number of benzene rings is 1. The van der Waals surface area contributed by atoms with Gasteiger partial charge < -0.3 is 15.2 Å². The first-order valence-corrected chi connectivity index (χ1v) is 9.77. The fraction of sp³-hybridized carbons (Fsp3) is 0.333. The summed E-state index contributed by atoms with van der Waals surface area (Å²) in [5, 5.41) is 3.78. The molecule has 0 radical (unpaired) electrons. The number of anilines is 1. The Morgan fingerprint density at radius 2 is 1.83 bits per heavy atom. The largest absolute Gasteiger partial charge is 0.351 e. The predicted octanol–water partition coefficient (Wildman–Crippen LogP) is 1.18. The highest BCUT2D eigenvalue weighted by Gasteiger charge is 2.20. The van der Waals surface area contributed by atoms with Gasteiger partial charge in [0.2, 0.25) is 5.95 Å². The van der Waals surface area contributed by atoms with Gasteiger partial charge in [0.1, 0.15) is 5.56 Å². The van der Waals surface area contributed by atoms with E-state index in [1.807, 2.05) is 37.3 Å². The number of para-hydroxylation sites is 1. The molecule has 0 unspecified atom stereocenters. The Bertz CT molecular complexity index is 1060. The van der Waals surface area contributed by atoms with Crippen molar-refractivity contribution < 1.29 is 4.79 Å². The zero-order chi connectivity index (χ0) is 20.2. The van der Waals surface area contributed by atoms with Crippen molar-refractivity contribution in [3.8, 4) is 0 Å². The molecule has 4 rings (SSSR count). The van der Waals surface area contributed by atoms with E-state index in [2.05, 4.69) is 30.1 Å². The highest BCUT2D eigenvalue weighted by atomic mass is 16.2. The lowest BCUT2D eigenvalue weighted by Gasteiger charge is -2.34. The van der Waals surface area contributed by atoms with Crippen molar-refractivity contribution in [1.29, 1.82) is 0 Å². The van der Waals surface area contributed by atoms with Gasteiger partial charge in [-0.15, -0.1) is 0 Å². The van der Waals surface area contributed by atoms with Crippen LogP contribution in [0.15, 0.2) is 47.5 Å². The summed E-state index contributed by atoms with van der Waals surface area (Å²) in [5.74, 6) is 0.428. The number of aryl methyl sites for hydroxylation is 1. The molecule has 3 heterocycles. The molecule has 1 aliphatic heterocycles. The number of fused-ring (bicyclic) bond motifs is 1. The number of nitrogens with zero attached hydrogens (tertiary/aromatic N) is 4. The van der Waals surface area contributed by atoms with Crippen LogP contribution in [0, 0.1) is 6.92 Å². The van der Waals surface area contributed by atoms with E-state index >= 15 is 0 Å². The van der Waals surface area contributed by atoms with Gasteiger partial charge >= 0.3 is 0 Å². The van der Waals surface area contributed by atoms with E-state index < -0.39 is 0 Å². The quantitative estimate of drug-likeness (QED) is 0.677. The number of aromatic nitrogens is 3. The molecule has 150 valence electrons. The zero-order valence-electron chi connectivity index (χ0n) is 16.4. The molecule has 1 amide bonds. The van der Waals surface area contributed by atoms with Crippen molar-refractivity contribution in [3.63, 3.8) is 0 Å². The van der Waals surface area contributed by atoms with Crippen molar-refractivity contribution in [2.24, 2.45) is 0 Å². The summed E-state index contributed by atoms with van der Waals surface area (Å²) in [5.41, 5.74) is 1.29. The molecule has 1 aliphatic rings. The second-order valence-corrected chi connectivity index (χ2v) is 7.13. The maximum atomic E-state index is 12.6. The minimum Gasteiger partial charge on any atom is -0.351 e. The Morgan fingerprint density at radius 1 is 1.10 bits per heavy atom. The highest BCUT2D eigenvalue weighted by Crippen LogP contribution is 2.16. The Morgan fingerprint density at radius 3 is 2.59 bits per heavy atom. The number of piperazine rings is 1. The second-order valence-electron chi connectivity index (χ2n) is 7.13. The molecule has 29 heavy (non-hydrogen) atoms. The molecule has 2 aromatic heterocycles. The topological polar surface area (TPSA) is 94.2 Å². The van der Waals surface area contributed by atoms with E-state index in [0.717, 1.165) is 49.6 Å². The van der Waals surface area contributed by atoms with Crippen LogP contribution in [-0.2, 0) is 0 Å². The summed E-state index contributed by atoms with van der Waals surface area (Å²) < 4.78 is 0. The summed E-state index contributed by atoms with van der Waals surface area (Å²) in [4.78, 5) is 40.8. The van der Waals surface area contributed by atoms with Crippen LogP contribution in [0.2, 0.25) is 0 Å². The van der Waals surface area contributed by atoms with Gasteiger partial charge in [-0.2, -0.15) is 0 Å². The van der Waals surface area contributed by atoms with Gasteiger partial charge in [-0.25, -0.2) is 9.97 Å². The monoisotopic (exact) mass is 392 g/mol. The number of pyridine rings is 1. The Labute approximate surface area is 168 Å². The van der Waals surface area contributed by atoms with E-state index in [9.17, 15) is 9.59 Å². The van der Waals surface area contributed by atoms with Gasteiger partial charge in [-0.05, 0) is 24.6 Å². The molecule has 3 aromatic rings. The molecule has 0 aliphatic carbocycles. The van der Waals surface area contributed by atoms with E-state index in [1.165, 1.54) is 0 Å². The molecule has 1 fully saturated rings. The fourth-order valence-electron chi connectivity index (χ4n) is 3.72. The summed E-state index contributed by atoms with van der Waals surface area (Å²) in [7, 11) is 0. The van der Waals surface area contributed by atoms with Crippen LogP contribution in [0.25, 0.3) is 10.9 Å². The number of rotatable bonds is 5. The van der Waals surface area contributed by atoms with Crippen LogP contribution in [0.3, 0.4) is 0 Å². The van der Waals surface area contributed by atoms with Gasteiger partial charge in [0.25, 0.3) is 11.5 Å². The minimum atomic E-state index is -0.352. The molecule has 2 N–H and O–H groups in total. The molecule has 8 nitrogen and oxygen atoms in total. The summed E-state index contributed by atoms with van der Waals surface area (Å²) in [6, 6.07) is 9.32. The zero-order valence-corrected chi connectivity index (χ0v) is 16.4. The first-order valence-electron chi connectivity index (χ1n) is 9.77. The van der Waals surface area contributed by atoms with Crippen molar-refractivity contribution in [3.05, 3.63) is 64.2 Å². The summed E-state index contributed by atoms with van der Waals surface area (Å²) in [6.07, 6.45) is 3.50. The van der Waals surface area contributed by atoms with E-state index in [-0.39, 0.29) is 17.0 Å². The average molecular weight is 392 g/mol. The normalized spacial score (nSPS) is 14.9. The van der Waals surface area contributed by atoms with Crippen LogP contribution in [-0.4, -0.2) is 65.0 Å². The van der Waals surface area contributed by atoms with Crippen LogP contribution in [0.5, 0.6) is 0 Å². The number of nitrogens with one attached hydrogen (secondary N) is 2. The van der Waals surface area contributed by atoms with Crippen molar-refractivity contribution in [2.75, 3.05) is 44.2 Å². The molecular weight excluding hydrogens is 368 g/mol. The highest BCUT2D eigenvalue weighted by molar-refractivity contribution is 5.99. The number of carbonyl (C=O) groups excluding carboxylic acids is 1.